The van der Waals surface area contributed by atoms with Crippen molar-refractivity contribution in [3.05, 3.63) is 109 Å². The van der Waals surface area contributed by atoms with Crippen LogP contribution in [0.3, 0.4) is 0 Å². The summed E-state index contributed by atoms with van der Waals surface area (Å²) in [6.07, 6.45) is 10.8. The molecule has 0 bridgehead atoms. The molecule has 4 rings (SSSR count). The predicted molar refractivity (Wildman–Crippen MR) is 122 cm³/mol. The maximum absolute atomic E-state index is 12.1. The van der Waals surface area contributed by atoms with Gasteiger partial charge in [-0.1, -0.05) is 0 Å². The molecule has 0 aliphatic heterocycles. The van der Waals surface area contributed by atoms with Crippen LogP contribution in [0.4, 0.5) is 0 Å². The lowest BCUT2D eigenvalue weighted by Crippen LogP contribution is -2.01. The van der Waals surface area contributed by atoms with E-state index < -0.39 is 9.84 Å². The van der Waals surface area contributed by atoms with Crippen molar-refractivity contribution >= 4 is 9.84 Å². The molecule has 4 aromatic rings. The van der Waals surface area contributed by atoms with E-state index in [9.17, 15) is 8.42 Å². The standard InChI is InChI=1S/C13H14N2.C12H10O4S/c1(2-12-4-8-14-9-5-12)3-13-6-10-15-11-7-13;13-9-1-5-11(6-2-9)17(15,16)12-7-3-10(14)4-8-12/h4-11H,1-3H2;1-8,13-14H. The van der Waals surface area contributed by atoms with E-state index in [2.05, 4.69) is 34.2 Å². The first-order valence-electron chi connectivity index (χ1n) is 10.1. The molecule has 0 aliphatic carbocycles. The Hall–Kier alpha value is -3.71. The van der Waals surface area contributed by atoms with Crippen molar-refractivity contribution in [2.75, 3.05) is 0 Å². The molecule has 32 heavy (non-hydrogen) atoms. The number of phenolic OH excluding ortho intramolecular Hbond substituents is 2. The summed E-state index contributed by atoms with van der Waals surface area (Å²) in [6, 6.07) is 18.9. The molecule has 0 atom stereocenters. The van der Waals surface area contributed by atoms with E-state index in [0.717, 1.165) is 12.8 Å². The van der Waals surface area contributed by atoms with E-state index in [1.165, 1.54) is 66.1 Å². The second kappa shape index (κ2) is 11.1. The maximum atomic E-state index is 12.1. The van der Waals surface area contributed by atoms with Crippen LogP contribution in [0.1, 0.15) is 17.5 Å². The van der Waals surface area contributed by atoms with E-state index >= 15 is 0 Å². The van der Waals surface area contributed by atoms with Crippen LogP contribution in [-0.2, 0) is 22.7 Å². The molecule has 7 heteroatoms. The number of hydrogen-bond donors (Lipinski definition) is 2. The van der Waals surface area contributed by atoms with Crippen molar-refractivity contribution in [2.24, 2.45) is 0 Å². The Morgan fingerprint density at radius 3 is 1.25 bits per heavy atom. The minimum Gasteiger partial charge on any atom is -0.508 e. The van der Waals surface area contributed by atoms with Crippen LogP contribution in [-0.4, -0.2) is 28.6 Å². The first kappa shape index (κ1) is 23.0. The van der Waals surface area contributed by atoms with Crippen molar-refractivity contribution < 1.29 is 18.6 Å². The van der Waals surface area contributed by atoms with Gasteiger partial charge in [0.1, 0.15) is 11.5 Å². The fourth-order valence-electron chi connectivity index (χ4n) is 2.98. The second-order valence-corrected chi connectivity index (χ2v) is 9.01. The maximum Gasteiger partial charge on any atom is 0.206 e. The third-order valence-corrected chi connectivity index (χ3v) is 6.51. The number of sulfone groups is 1. The summed E-state index contributed by atoms with van der Waals surface area (Å²) in [7, 11) is -3.59. The summed E-state index contributed by atoms with van der Waals surface area (Å²) >= 11 is 0. The molecule has 164 valence electrons. The number of rotatable bonds is 6. The monoisotopic (exact) mass is 448 g/mol. The van der Waals surface area contributed by atoms with Gasteiger partial charge in [-0.2, -0.15) is 0 Å². The molecule has 2 N–H and O–H groups in total. The van der Waals surface area contributed by atoms with E-state index in [1.807, 2.05) is 24.8 Å². The molecule has 0 aliphatic rings. The first-order chi connectivity index (χ1) is 15.4. The zero-order valence-electron chi connectivity index (χ0n) is 17.4. The van der Waals surface area contributed by atoms with Crippen LogP contribution in [0.15, 0.2) is 107 Å². The summed E-state index contributed by atoms with van der Waals surface area (Å²) in [5, 5.41) is 18.2. The molecule has 6 nitrogen and oxygen atoms in total. The number of nitrogens with zero attached hydrogens (tertiary/aromatic N) is 2. The molecule has 0 unspecified atom stereocenters. The Morgan fingerprint density at radius 2 is 0.906 bits per heavy atom. The lowest BCUT2D eigenvalue weighted by atomic mass is 10.1. The average molecular weight is 449 g/mol. The molecule has 2 aromatic heterocycles. The van der Waals surface area contributed by atoms with Crippen molar-refractivity contribution in [3.63, 3.8) is 0 Å². The topological polar surface area (TPSA) is 100 Å². The van der Waals surface area contributed by atoms with Gasteiger partial charge in [0.05, 0.1) is 9.79 Å². The number of hydrogen-bond acceptors (Lipinski definition) is 6. The summed E-state index contributed by atoms with van der Waals surface area (Å²) in [5.74, 6) is 0.0179. The van der Waals surface area contributed by atoms with Crippen molar-refractivity contribution in [2.45, 2.75) is 29.1 Å². The Kier molecular flexibility index (Phi) is 7.94. The second-order valence-electron chi connectivity index (χ2n) is 7.06. The molecule has 0 fully saturated rings. The SMILES string of the molecule is O=S(=O)(c1ccc(O)cc1)c1ccc(O)cc1.c1cc(CCCc2ccncc2)ccn1. The summed E-state index contributed by atoms with van der Waals surface area (Å²) in [4.78, 5) is 8.20. The Balaban J connectivity index is 0.000000182. The van der Waals surface area contributed by atoms with Crippen LogP contribution in [0.5, 0.6) is 11.5 Å². The van der Waals surface area contributed by atoms with Gasteiger partial charge in [-0.25, -0.2) is 8.42 Å². The number of aromatic hydroxyl groups is 2. The van der Waals surface area contributed by atoms with Crippen molar-refractivity contribution in [1.29, 1.82) is 0 Å². The van der Waals surface area contributed by atoms with E-state index in [-0.39, 0.29) is 21.3 Å². The lowest BCUT2D eigenvalue weighted by molar-refractivity contribution is 0.474. The van der Waals surface area contributed by atoms with Crippen molar-refractivity contribution in [1.82, 2.24) is 9.97 Å². The van der Waals surface area contributed by atoms with Crippen molar-refractivity contribution in [3.8, 4) is 11.5 Å². The normalized spacial score (nSPS) is 10.8. The summed E-state index contributed by atoms with van der Waals surface area (Å²) in [6.45, 7) is 0. The van der Waals surface area contributed by atoms with Crippen LogP contribution >= 0.6 is 0 Å². The minimum atomic E-state index is -3.59. The largest absolute Gasteiger partial charge is 0.508 e. The Labute approximate surface area is 187 Å². The Morgan fingerprint density at radius 1 is 0.562 bits per heavy atom. The highest BCUT2D eigenvalue weighted by Crippen LogP contribution is 2.23. The number of aryl methyl sites for hydroxylation is 2. The average Bonchev–Trinajstić information content (AvgIpc) is 2.82. The highest BCUT2D eigenvalue weighted by molar-refractivity contribution is 7.91. The number of benzene rings is 2. The van der Waals surface area contributed by atoms with Crippen LogP contribution in [0, 0.1) is 0 Å². The first-order valence-corrected chi connectivity index (χ1v) is 11.5. The predicted octanol–water partition coefficient (Wildman–Crippen LogP) is 4.58. The van der Waals surface area contributed by atoms with E-state index in [4.69, 9.17) is 10.2 Å². The smallest absolute Gasteiger partial charge is 0.206 e. The highest BCUT2D eigenvalue weighted by atomic mass is 32.2. The van der Waals surface area contributed by atoms with E-state index in [0.29, 0.717) is 0 Å². The number of phenols is 2. The van der Waals surface area contributed by atoms with Gasteiger partial charge in [-0.15, -0.1) is 0 Å². The molecule has 2 heterocycles. The van der Waals surface area contributed by atoms with Gasteiger partial charge in [0.2, 0.25) is 9.84 Å². The minimum absolute atomic E-state index is 0.00894. The van der Waals surface area contributed by atoms with E-state index in [1.54, 1.807) is 0 Å². The van der Waals surface area contributed by atoms with Gasteiger partial charge in [0, 0.05) is 24.8 Å². The van der Waals surface area contributed by atoms with Gasteiger partial charge in [0.25, 0.3) is 0 Å². The molecular weight excluding hydrogens is 424 g/mol. The third kappa shape index (κ3) is 6.65. The molecule has 0 radical (unpaired) electrons. The molecule has 0 saturated carbocycles. The van der Waals surface area contributed by atoms with Gasteiger partial charge in [0.15, 0.2) is 0 Å². The van der Waals surface area contributed by atoms with Gasteiger partial charge >= 0.3 is 0 Å². The lowest BCUT2D eigenvalue weighted by Gasteiger charge is -2.04. The van der Waals surface area contributed by atoms with Crippen LogP contribution in [0.2, 0.25) is 0 Å². The molecule has 0 saturated heterocycles. The molecular formula is C25H24N2O4S. The molecule has 2 aromatic carbocycles. The third-order valence-electron chi connectivity index (χ3n) is 4.72. The van der Waals surface area contributed by atoms with Gasteiger partial charge < -0.3 is 10.2 Å². The Bertz CT molecular complexity index is 1110. The van der Waals surface area contributed by atoms with Gasteiger partial charge in [-0.3, -0.25) is 9.97 Å². The fourth-order valence-corrected chi connectivity index (χ4v) is 4.24. The zero-order chi connectivity index (χ0) is 22.8. The molecule has 0 amide bonds. The highest BCUT2D eigenvalue weighted by Gasteiger charge is 2.17. The molecule has 0 spiro atoms. The van der Waals surface area contributed by atoms with Gasteiger partial charge in [-0.05, 0) is 103 Å². The zero-order valence-corrected chi connectivity index (χ0v) is 18.2. The number of pyridine rings is 2. The summed E-state index contributed by atoms with van der Waals surface area (Å²) < 4.78 is 24.2. The number of aromatic nitrogens is 2. The van der Waals surface area contributed by atoms with Crippen LogP contribution in [0.25, 0.3) is 0 Å². The fraction of sp³-hybridized carbons (Fsp3) is 0.120. The quantitative estimate of drug-likeness (QED) is 0.448. The summed E-state index contributed by atoms with van der Waals surface area (Å²) in [5.41, 5.74) is 2.72. The van der Waals surface area contributed by atoms with Crippen LogP contribution < -0.4 is 0 Å².